The number of aromatic nitrogens is 2. The molecule has 2 amide bonds. The molecule has 1 aromatic heterocycles. The molecule has 0 aromatic carbocycles. The lowest BCUT2D eigenvalue weighted by Gasteiger charge is -2.28. The molecule has 0 fully saturated rings. The number of carbonyl (C=O) groups excluding carboxylic acids is 1. The molecule has 0 aliphatic heterocycles. The van der Waals surface area contributed by atoms with E-state index in [2.05, 4.69) is 10.4 Å². The number of nitrogens with one attached hydrogen (secondary N) is 2. The number of aryl methyl sites for hydroxylation is 2. The Labute approximate surface area is 118 Å². The van der Waals surface area contributed by atoms with Crippen molar-refractivity contribution in [1.82, 2.24) is 15.1 Å². The second-order valence-electron chi connectivity index (χ2n) is 4.52. The number of urea groups is 1. The van der Waals surface area contributed by atoms with Crippen LogP contribution in [0.5, 0.6) is 0 Å². The number of anilines is 1. The van der Waals surface area contributed by atoms with E-state index < -0.39 is 23.7 Å². The second-order valence-corrected chi connectivity index (χ2v) is 4.52. The number of carboxylic acid groups (broad SMARTS) is 1. The van der Waals surface area contributed by atoms with Crippen LogP contribution in [0, 0.1) is 0 Å². The van der Waals surface area contributed by atoms with E-state index in [0.29, 0.717) is 19.0 Å². The van der Waals surface area contributed by atoms with Crippen molar-refractivity contribution in [3.63, 3.8) is 0 Å². The minimum atomic E-state index is -5.14. The molecule has 21 heavy (non-hydrogen) atoms. The van der Waals surface area contributed by atoms with Gasteiger partial charge >= 0.3 is 18.2 Å². The first-order chi connectivity index (χ1) is 9.51. The molecule has 0 spiro atoms. The molecule has 1 unspecified atom stereocenters. The number of halogens is 3. The van der Waals surface area contributed by atoms with Crippen LogP contribution < -0.4 is 10.6 Å². The number of carboxylic acids is 1. The number of hydrogen-bond donors (Lipinski definition) is 3. The van der Waals surface area contributed by atoms with E-state index in [4.69, 9.17) is 5.11 Å². The Kier molecular flexibility index (Phi) is 4.49. The second kappa shape index (κ2) is 5.62. The summed E-state index contributed by atoms with van der Waals surface area (Å²) in [5, 5.41) is 16.3. The van der Waals surface area contributed by atoms with Gasteiger partial charge in [-0.3, -0.25) is 4.68 Å². The third-order valence-electron chi connectivity index (χ3n) is 2.85. The van der Waals surface area contributed by atoms with Gasteiger partial charge in [0.15, 0.2) is 0 Å². The fourth-order valence-corrected chi connectivity index (χ4v) is 1.53. The van der Waals surface area contributed by atoms with Gasteiger partial charge in [0.25, 0.3) is 0 Å². The van der Waals surface area contributed by atoms with Crippen LogP contribution in [0.1, 0.15) is 19.5 Å². The molecular weight excluding hydrogens is 293 g/mol. The van der Waals surface area contributed by atoms with E-state index in [0.717, 1.165) is 0 Å². The molecule has 0 aliphatic carbocycles. The van der Waals surface area contributed by atoms with Gasteiger partial charge in [-0.2, -0.15) is 18.3 Å². The fraction of sp³-hybridized carbons (Fsp3) is 0.545. The number of alkyl halides is 3. The number of nitrogens with zero attached hydrogens (tertiary/aromatic N) is 2. The van der Waals surface area contributed by atoms with Crippen molar-refractivity contribution in [3.8, 4) is 0 Å². The van der Waals surface area contributed by atoms with Crippen LogP contribution in [-0.2, 0) is 18.3 Å². The summed E-state index contributed by atoms with van der Waals surface area (Å²) in [5.74, 6) is -2.20. The highest BCUT2D eigenvalue weighted by molar-refractivity contribution is 5.94. The molecule has 0 saturated heterocycles. The van der Waals surface area contributed by atoms with E-state index in [1.165, 1.54) is 16.2 Å². The molecular formula is C11H15F3N4O3. The SMILES string of the molecule is CCc1nn(C)cc1NC(=O)NC(C)(C(=O)O)C(F)(F)F. The fourth-order valence-electron chi connectivity index (χ4n) is 1.53. The molecule has 0 aliphatic rings. The molecule has 0 bridgehead atoms. The number of rotatable bonds is 4. The average molecular weight is 308 g/mol. The number of aliphatic carboxylic acids is 1. The van der Waals surface area contributed by atoms with E-state index >= 15 is 0 Å². The van der Waals surface area contributed by atoms with Gasteiger partial charge in [-0.15, -0.1) is 0 Å². The number of amides is 2. The lowest BCUT2D eigenvalue weighted by atomic mass is 10.0. The first-order valence-electron chi connectivity index (χ1n) is 5.93. The van der Waals surface area contributed by atoms with Crippen molar-refractivity contribution in [1.29, 1.82) is 0 Å². The number of hydrogen-bond acceptors (Lipinski definition) is 3. The van der Waals surface area contributed by atoms with Gasteiger partial charge in [-0.05, 0) is 13.3 Å². The van der Waals surface area contributed by atoms with E-state index in [9.17, 15) is 22.8 Å². The summed E-state index contributed by atoms with van der Waals surface area (Å²) in [5.41, 5.74) is -2.70. The van der Waals surface area contributed by atoms with Crippen molar-refractivity contribution in [2.24, 2.45) is 7.05 Å². The van der Waals surface area contributed by atoms with E-state index in [1.54, 1.807) is 14.0 Å². The highest BCUT2D eigenvalue weighted by Gasteiger charge is 2.58. The molecule has 0 radical (unpaired) electrons. The molecule has 1 aromatic rings. The van der Waals surface area contributed by atoms with Gasteiger partial charge in [0.1, 0.15) is 0 Å². The average Bonchev–Trinajstić information content (AvgIpc) is 2.67. The molecule has 1 atom stereocenters. The zero-order chi connectivity index (χ0) is 16.4. The summed E-state index contributed by atoms with van der Waals surface area (Å²) in [4.78, 5) is 22.4. The van der Waals surface area contributed by atoms with E-state index in [1.807, 2.05) is 0 Å². The van der Waals surface area contributed by atoms with Crippen LogP contribution >= 0.6 is 0 Å². The van der Waals surface area contributed by atoms with Gasteiger partial charge in [0, 0.05) is 13.2 Å². The maximum atomic E-state index is 12.8. The predicted octanol–water partition coefficient (Wildman–Crippen LogP) is 1.51. The molecule has 7 nitrogen and oxygen atoms in total. The minimum absolute atomic E-state index is 0.215. The molecule has 1 heterocycles. The number of carbonyl (C=O) groups is 2. The Morgan fingerprint density at radius 3 is 2.43 bits per heavy atom. The maximum absolute atomic E-state index is 12.8. The van der Waals surface area contributed by atoms with Crippen molar-refractivity contribution < 1.29 is 27.9 Å². The normalized spacial score (nSPS) is 14.4. The van der Waals surface area contributed by atoms with Crippen molar-refractivity contribution >= 4 is 17.7 Å². The third-order valence-corrected chi connectivity index (χ3v) is 2.85. The maximum Gasteiger partial charge on any atom is 0.422 e. The summed E-state index contributed by atoms with van der Waals surface area (Å²) in [6.45, 7) is 2.13. The molecule has 118 valence electrons. The summed E-state index contributed by atoms with van der Waals surface area (Å²) >= 11 is 0. The first kappa shape index (κ1) is 16.8. The van der Waals surface area contributed by atoms with Crippen molar-refractivity contribution in [3.05, 3.63) is 11.9 Å². The zero-order valence-corrected chi connectivity index (χ0v) is 11.6. The Morgan fingerprint density at radius 2 is 2.00 bits per heavy atom. The molecule has 3 N–H and O–H groups in total. The van der Waals surface area contributed by atoms with Crippen LogP contribution in [0.4, 0.5) is 23.7 Å². The molecule has 10 heteroatoms. The lowest BCUT2D eigenvalue weighted by Crippen LogP contribution is -2.62. The Balaban J connectivity index is 2.92. The Morgan fingerprint density at radius 1 is 1.43 bits per heavy atom. The minimum Gasteiger partial charge on any atom is -0.479 e. The first-order valence-corrected chi connectivity index (χ1v) is 5.93. The Hall–Kier alpha value is -2.26. The summed E-state index contributed by atoms with van der Waals surface area (Å²) < 4.78 is 39.7. The van der Waals surface area contributed by atoms with Crippen LogP contribution in [0.2, 0.25) is 0 Å². The monoisotopic (exact) mass is 308 g/mol. The van der Waals surface area contributed by atoms with Crippen LogP contribution in [0.25, 0.3) is 0 Å². The quantitative estimate of drug-likeness (QED) is 0.785. The van der Waals surface area contributed by atoms with Crippen LogP contribution in [-0.4, -0.2) is 38.6 Å². The smallest absolute Gasteiger partial charge is 0.422 e. The van der Waals surface area contributed by atoms with Gasteiger partial charge in [-0.25, -0.2) is 9.59 Å². The lowest BCUT2D eigenvalue weighted by molar-refractivity contribution is -0.203. The predicted molar refractivity (Wildman–Crippen MR) is 66.8 cm³/mol. The highest BCUT2D eigenvalue weighted by atomic mass is 19.4. The van der Waals surface area contributed by atoms with Crippen LogP contribution in [0.15, 0.2) is 6.20 Å². The molecule has 0 saturated carbocycles. The van der Waals surface area contributed by atoms with Crippen molar-refractivity contribution in [2.45, 2.75) is 32.0 Å². The van der Waals surface area contributed by atoms with E-state index in [-0.39, 0.29) is 5.69 Å². The summed E-state index contributed by atoms with van der Waals surface area (Å²) in [6, 6.07) is -1.28. The highest BCUT2D eigenvalue weighted by Crippen LogP contribution is 2.30. The third kappa shape index (κ3) is 3.44. The summed E-state index contributed by atoms with van der Waals surface area (Å²) in [7, 11) is 1.58. The molecule has 1 rings (SSSR count). The largest absolute Gasteiger partial charge is 0.479 e. The summed E-state index contributed by atoms with van der Waals surface area (Å²) in [6.07, 6.45) is -3.28. The van der Waals surface area contributed by atoms with Gasteiger partial charge in [0.05, 0.1) is 11.4 Å². The van der Waals surface area contributed by atoms with Gasteiger partial charge in [0.2, 0.25) is 5.54 Å². The topological polar surface area (TPSA) is 96.3 Å². The standard InChI is InChI=1S/C11H15F3N4O3/c1-4-6-7(5-18(3)17-6)15-9(21)16-10(2,8(19)20)11(12,13)14/h5H,4H2,1-3H3,(H,19,20)(H2,15,16,21). The van der Waals surface area contributed by atoms with Crippen LogP contribution in [0.3, 0.4) is 0 Å². The zero-order valence-electron chi connectivity index (χ0n) is 11.6. The van der Waals surface area contributed by atoms with Gasteiger partial charge < -0.3 is 15.7 Å². The Bertz CT molecular complexity index is 555. The van der Waals surface area contributed by atoms with Crippen molar-refractivity contribution in [2.75, 3.05) is 5.32 Å². The van der Waals surface area contributed by atoms with Gasteiger partial charge in [-0.1, -0.05) is 6.92 Å².